The summed E-state index contributed by atoms with van der Waals surface area (Å²) >= 11 is 0. The standard InChI is InChI=1S/C17H24O3/c1-3-15(18)20-9(2)19-14-8-12-7-13(14)17-11-5-4-10(6-11)16(12)17/h3,9-14,16-17H,1,4-8H2,2H3. The minimum absolute atomic E-state index is 0.313. The highest BCUT2D eigenvalue weighted by atomic mass is 16.7. The smallest absolute Gasteiger partial charge is 0.332 e. The molecule has 8 atom stereocenters. The van der Waals surface area contributed by atoms with Gasteiger partial charge in [-0.05, 0) is 74.5 Å². The first-order valence-electron chi connectivity index (χ1n) is 8.16. The maximum absolute atomic E-state index is 11.2. The predicted molar refractivity (Wildman–Crippen MR) is 74.6 cm³/mol. The number of carbonyl (C=O) groups excluding carboxylic acids is 1. The fourth-order valence-corrected chi connectivity index (χ4v) is 6.15. The Bertz CT molecular complexity index is 432. The van der Waals surface area contributed by atoms with Crippen molar-refractivity contribution >= 4 is 5.97 Å². The molecule has 0 amide bonds. The zero-order valence-electron chi connectivity index (χ0n) is 12.2. The molecular weight excluding hydrogens is 252 g/mol. The maximum atomic E-state index is 11.2. The Morgan fingerprint density at radius 1 is 1.15 bits per heavy atom. The number of hydrogen-bond acceptors (Lipinski definition) is 3. The lowest BCUT2D eigenvalue weighted by Gasteiger charge is -2.39. The SMILES string of the molecule is C=CC(=O)OC(C)OC1CC2CC1C1C3CCC(C3)C21. The minimum Gasteiger partial charge on any atom is -0.433 e. The molecule has 4 bridgehead atoms. The van der Waals surface area contributed by atoms with E-state index in [0.717, 1.165) is 35.5 Å². The third-order valence-corrected chi connectivity index (χ3v) is 6.49. The normalized spacial score (nSPS) is 49.1. The Morgan fingerprint density at radius 2 is 1.90 bits per heavy atom. The van der Waals surface area contributed by atoms with Gasteiger partial charge >= 0.3 is 5.97 Å². The molecule has 0 spiro atoms. The van der Waals surface area contributed by atoms with Gasteiger partial charge < -0.3 is 9.47 Å². The van der Waals surface area contributed by atoms with Gasteiger partial charge in [-0.3, -0.25) is 0 Å². The van der Waals surface area contributed by atoms with Crippen LogP contribution in [0, 0.1) is 35.5 Å². The molecule has 0 aromatic heterocycles. The Balaban J connectivity index is 1.41. The van der Waals surface area contributed by atoms with Crippen LogP contribution in [0.15, 0.2) is 12.7 Å². The molecule has 0 aromatic carbocycles. The van der Waals surface area contributed by atoms with Gasteiger partial charge in [0, 0.05) is 6.08 Å². The Kier molecular flexibility index (Phi) is 2.95. The van der Waals surface area contributed by atoms with Gasteiger partial charge in [0.25, 0.3) is 0 Å². The minimum atomic E-state index is -0.443. The molecule has 8 unspecified atom stereocenters. The highest BCUT2D eigenvalue weighted by Gasteiger charge is 2.62. The summed E-state index contributed by atoms with van der Waals surface area (Å²) in [6, 6.07) is 0. The summed E-state index contributed by atoms with van der Waals surface area (Å²) in [7, 11) is 0. The van der Waals surface area contributed by atoms with Crippen LogP contribution in [0.25, 0.3) is 0 Å². The number of fused-ring (bicyclic) bond motifs is 9. The first-order valence-corrected chi connectivity index (χ1v) is 8.16. The lowest BCUT2D eigenvalue weighted by atomic mass is 9.70. The second-order valence-electron chi connectivity index (χ2n) is 7.27. The summed E-state index contributed by atoms with van der Waals surface area (Å²) in [5, 5.41) is 0. The predicted octanol–water partition coefficient (Wildman–Crippen LogP) is 3.15. The maximum Gasteiger partial charge on any atom is 0.332 e. The van der Waals surface area contributed by atoms with Crippen LogP contribution in [-0.4, -0.2) is 18.4 Å². The summed E-state index contributed by atoms with van der Waals surface area (Å²) in [5.74, 6) is 5.13. The van der Waals surface area contributed by atoms with Gasteiger partial charge in [-0.1, -0.05) is 6.58 Å². The third kappa shape index (κ3) is 1.78. The Hall–Kier alpha value is -0.830. The Labute approximate surface area is 120 Å². The number of esters is 1. The van der Waals surface area contributed by atoms with Gasteiger partial charge in [-0.25, -0.2) is 4.79 Å². The van der Waals surface area contributed by atoms with E-state index in [1.165, 1.54) is 38.2 Å². The van der Waals surface area contributed by atoms with Crippen molar-refractivity contribution in [3.63, 3.8) is 0 Å². The van der Waals surface area contributed by atoms with E-state index in [-0.39, 0.29) is 0 Å². The molecule has 110 valence electrons. The average molecular weight is 276 g/mol. The van der Waals surface area contributed by atoms with E-state index in [2.05, 4.69) is 6.58 Å². The van der Waals surface area contributed by atoms with Crippen LogP contribution < -0.4 is 0 Å². The number of rotatable bonds is 4. The monoisotopic (exact) mass is 276 g/mol. The molecule has 4 rings (SSSR count). The highest BCUT2D eigenvalue weighted by molar-refractivity contribution is 5.81. The second-order valence-corrected chi connectivity index (χ2v) is 7.27. The molecule has 0 heterocycles. The van der Waals surface area contributed by atoms with Gasteiger partial charge in [0.2, 0.25) is 6.29 Å². The summed E-state index contributed by atoms with van der Waals surface area (Å²) in [6.07, 6.45) is 8.02. The quantitative estimate of drug-likeness (QED) is 0.342. The van der Waals surface area contributed by atoms with Crippen LogP contribution in [0.4, 0.5) is 0 Å². The molecule has 0 saturated heterocycles. The topological polar surface area (TPSA) is 35.5 Å². The van der Waals surface area contributed by atoms with Crippen molar-refractivity contribution in [3.05, 3.63) is 12.7 Å². The fraction of sp³-hybridized carbons (Fsp3) is 0.824. The van der Waals surface area contributed by atoms with E-state index in [0.29, 0.717) is 6.10 Å². The van der Waals surface area contributed by atoms with Crippen LogP contribution in [0.1, 0.15) is 39.0 Å². The number of carbonyl (C=O) groups is 1. The fourth-order valence-electron chi connectivity index (χ4n) is 6.15. The molecule has 0 aromatic rings. The molecule has 20 heavy (non-hydrogen) atoms. The van der Waals surface area contributed by atoms with E-state index in [4.69, 9.17) is 9.47 Å². The number of ether oxygens (including phenoxy) is 2. The highest BCUT2D eigenvalue weighted by Crippen LogP contribution is 2.67. The molecule has 4 aliphatic carbocycles. The van der Waals surface area contributed by atoms with Crippen molar-refractivity contribution in [1.29, 1.82) is 0 Å². The molecule has 4 aliphatic rings. The molecule has 0 radical (unpaired) electrons. The lowest BCUT2D eigenvalue weighted by Crippen LogP contribution is -2.38. The van der Waals surface area contributed by atoms with Gasteiger partial charge in [-0.2, -0.15) is 0 Å². The van der Waals surface area contributed by atoms with E-state index >= 15 is 0 Å². The van der Waals surface area contributed by atoms with Crippen molar-refractivity contribution in [3.8, 4) is 0 Å². The van der Waals surface area contributed by atoms with Crippen LogP contribution in [0.5, 0.6) is 0 Å². The molecular formula is C17H24O3. The summed E-state index contributed by atoms with van der Waals surface area (Å²) in [4.78, 5) is 11.2. The molecule has 0 N–H and O–H groups in total. The van der Waals surface area contributed by atoms with Gasteiger partial charge in [0.05, 0.1) is 6.10 Å². The molecule has 0 aliphatic heterocycles. The van der Waals surface area contributed by atoms with E-state index in [9.17, 15) is 4.79 Å². The van der Waals surface area contributed by atoms with Gasteiger partial charge in [0.1, 0.15) is 0 Å². The third-order valence-electron chi connectivity index (χ3n) is 6.49. The molecule has 3 nitrogen and oxygen atoms in total. The van der Waals surface area contributed by atoms with Gasteiger partial charge in [0.15, 0.2) is 0 Å². The zero-order valence-corrected chi connectivity index (χ0v) is 12.2. The first-order chi connectivity index (χ1) is 9.67. The molecule has 4 fully saturated rings. The summed E-state index contributed by atoms with van der Waals surface area (Å²) < 4.78 is 11.2. The molecule has 4 saturated carbocycles. The summed E-state index contributed by atoms with van der Waals surface area (Å²) in [5.41, 5.74) is 0. The van der Waals surface area contributed by atoms with Crippen LogP contribution in [0.2, 0.25) is 0 Å². The first kappa shape index (κ1) is 12.9. The zero-order chi connectivity index (χ0) is 13.9. The van der Waals surface area contributed by atoms with Gasteiger partial charge in [-0.15, -0.1) is 0 Å². The van der Waals surface area contributed by atoms with Crippen LogP contribution >= 0.6 is 0 Å². The molecule has 3 heteroatoms. The van der Waals surface area contributed by atoms with Crippen molar-refractivity contribution < 1.29 is 14.3 Å². The second kappa shape index (κ2) is 4.59. The average Bonchev–Trinajstić information content (AvgIpc) is 3.16. The van der Waals surface area contributed by atoms with Crippen molar-refractivity contribution in [2.24, 2.45) is 35.5 Å². The Morgan fingerprint density at radius 3 is 2.65 bits per heavy atom. The van der Waals surface area contributed by atoms with E-state index < -0.39 is 12.3 Å². The lowest BCUT2D eigenvalue weighted by molar-refractivity contribution is -0.188. The number of hydrogen-bond donors (Lipinski definition) is 0. The largest absolute Gasteiger partial charge is 0.433 e. The van der Waals surface area contributed by atoms with E-state index in [1.54, 1.807) is 0 Å². The van der Waals surface area contributed by atoms with Crippen molar-refractivity contribution in [2.75, 3.05) is 0 Å². The van der Waals surface area contributed by atoms with E-state index in [1.807, 2.05) is 6.92 Å². The summed E-state index contributed by atoms with van der Waals surface area (Å²) in [6.45, 7) is 5.25. The van der Waals surface area contributed by atoms with Crippen LogP contribution in [0.3, 0.4) is 0 Å². The van der Waals surface area contributed by atoms with Crippen molar-refractivity contribution in [1.82, 2.24) is 0 Å². The van der Waals surface area contributed by atoms with Crippen LogP contribution in [-0.2, 0) is 14.3 Å². The van der Waals surface area contributed by atoms with Crippen molar-refractivity contribution in [2.45, 2.75) is 51.4 Å².